The molecule has 1 aliphatic heterocycles. The fourth-order valence-electron chi connectivity index (χ4n) is 2.51. The highest BCUT2D eigenvalue weighted by atomic mass is 19.4. The molecule has 0 radical (unpaired) electrons. The molecule has 9 heteroatoms. The van der Waals surface area contributed by atoms with Gasteiger partial charge in [0, 0.05) is 18.7 Å². The molecule has 0 aliphatic carbocycles. The summed E-state index contributed by atoms with van der Waals surface area (Å²) in [5.41, 5.74) is 0.314. The van der Waals surface area contributed by atoms with Crippen molar-refractivity contribution < 1.29 is 22.7 Å². The summed E-state index contributed by atoms with van der Waals surface area (Å²) < 4.78 is 40.1. The number of aromatic nitrogens is 3. The lowest BCUT2D eigenvalue weighted by Crippen LogP contribution is -2.29. The summed E-state index contributed by atoms with van der Waals surface area (Å²) in [6.07, 6.45) is -0.867. The van der Waals surface area contributed by atoms with Crippen LogP contribution in [0.1, 0.15) is 22.8 Å². The smallest absolute Gasteiger partial charge is 0.406 e. The van der Waals surface area contributed by atoms with E-state index in [-0.39, 0.29) is 17.7 Å². The van der Waals surface area contributed by atoms with E-state index in [0.29, 0.717) is 18.7 Å². The number of benzene rings is 1. The fourth-order valence-corrected chi connectivity index (χ4v) is 2.51. The van der Waals surface area contributed by atoms with E-state index < -0.39 is 6.36 Å². The van der Waals surface area contributed by atoms with E-state index in [0.717, 1.165) is 18.6 Å². The van der Waals surface area contributed by atoms with Gasteiger partial charge in [-0.15, -0.1) is 13.2 Å². The number of carbonyl (C=O) groups is 1. The first-order valence-corrected chi connectivity index (χ1v) is 6.93. The van der Waals surface area contributed by atoms with Crippen molar-refractivity contribution in [1.82, 2.24) is 19.9 Å². The van der Waals surface area contributed by atoms with Crippen LogP contribution in [-0.2, 0) is 0 Å². The Morgan fingerprint density at radius 2 is 1.83 bits per heavy atom. The Kier molecular flexibility index (Phi) is 3.93. The molecule has 0 N–H and O–H groups in total. The molecule has 1 saturated heterocycles. The third-order valence-corrected chi connectivity index (χ3v) is 3.55. The van der Waals surface area contributed by atoms with Crippen molar-refractivity contribution in [2.75, 3.05) is 13.1 Å². The minimum Gasteiger partial charge on any atom is -0.406 e. The predicted molar refractivity (Wildman–Crippen MR) is 72.7 cm³/mol. The highest BCUT2D eigenvalue weighted by Gasteiger charge is 2.32. The van der Waals surface area contributed by atoms with Gasteiger partial charge in [-0.1, -0.05) is 0 Å². The molecule has 3 rings (SSSR count). The highest BCUT2D eigenvalue weighted by molar-refractivity contribution is 5.94. The number of ether oxygens (including phenoxy) is 1. The second-order valence-electron chi connectivity index (χ2n) is 5.12. The molecule has 1 fully saturated rings. The number of hydrogen-bond donors (Lipinski definition) is 0. The van der Waals surface area contributed by atoms with Gasteiger partial charge in [0.25, 0.3) is 5.91 Å². The molecule has 1 unspecified atom stereocenters. The van der Waals surface area contributed by atoms with Gasteiger partial charge >= 0.3 is 6.36 Å². The Hall–Kier alpha value is -2.58. The number of alkyl halides is 3. The third-order valence-electron chi connectivity index (χ3n) is 3.55. The Balaban J connectivity index is 1.64. The number of likely N-dealkylation sites (tertiary alicyclic amines) is 1. The molecule has 1 aromatic heterocycles. The van der Waals surface area contributed by atoms with Crippen LogP contribution in [0.3, 0.4) is 0 Å². The lowest BCUT2D eigenvalue weighted by molar-refractivity contribution is -0.274. The molecule has 122 valence electrons. The molecule has 0 spiro atoms. The topological polar surface area (TPSA) is 60.2 Å². The molecular formula is C14H13F3N4O2. The van der Waals surface area contributed by atoms with Crippen LogP contribution >= 0.6 is 0 Å². The highest BCUT2D eigenvalue weighted by Crippen LogP contribution is 2.25. The third kappa shape index (κ3) is 3.61. The van der Waals surface area contributed by atoms with E-state index in [2.05, 4.69) is 14.9 Å². The average molecular weight is 326 g/mol. The quantitative estimate of drug-likeness (QED) is 0.868. The van der Waals surface area contributed by atoms with Gasteiger partial charge in [0.1, 0.15) is 5.75 Å². The SMILES string of the molecule is O=C(c1ccc(OC(F)(F)F)cc1)N1CCC(n2nccn2)C1. The number of hydrogen-bond acceptors (Lipinski definition) is 4. The van der Waals surface area contributed by atoms with Crippen LogP contribution < -0.4 is 4.74 Å². The maximum absolute atomic E-state index is 12.4. The van der Waals surface area contributed by atoms with E-state index in [1.807, 2.05) is 0 Å². The van der Waals surface area contributed by atoms with Gasteiger partial charge < -0.3 is 9.64 Å². The normalized spacial score (nSPS) is 18.2. The van der Waals surface area contributed by atoms with Crippen LogP contribution in [-0.4, -0.2) is 45.3 Å². The maximum atomic E-state index is 12.4. The fraction of sp³-hybridized carbons (Fsp3) is 0.357. The van der Waals surface area contributed by atoms with Gasteiger partial charge in [-0.05, 0) is 30.7 Å². The zero-order valence-electron chi connectivity index (χ0n) is 11.9. The molecule has 0 bridgehead atoms. The predicted octanol–water partition coefficient (Wildman–Crippen LogP) is 2.26. The van der Waals surface area contributed by atoms with Crippen molar-refractivity contribution in [1.29, 1.82) is 0 Å². The lowest BCUT2D eigenvalue weighted by Gasteiger charge is -2.16. The summed E-state index contributed by atoms with van der Waals surface area (Å²) in [4.78, 5) is 15.6. The van der Waals surface area contributed by atoms with E-state index >= 15 is 0 Å². The van der Waals surface area contributed by atoms with Crippen LogP contribution in [0.2, 0.25) is 0 Å². The Bertz CT molecular complexity index is 670. The van der Waals surface area contributed by atoms with Gasteiger partial charge in [-0.25, -0.2) is 0 Å². The van der Waals surface area contributed by atoms with E-state index in [4.69, 9.17) is 0 Å². The Morgan fingerprint density at radius 3 is 2.43 bits per heavy atom. The number of amides is 1. The summed E-state index contributed by atoms with van der Waals surface area (Å²) in [5.74, 6) is -0.590. The van der Waals surface area contributed by atoms with Crippen LogP contribution in [0.5, 0.6) is 5.75 Å². The van der Waals surface area contributed by atoms with Crippen LogP contribution in [0.25, 0.3) is 0 Å². The summed E-state index contributed by atoms with van der Waals surface area (Å²) >= 11 is 0. The lowest BCUT2D eigenvalue weighted by atomic mass is 10.2. The van der Waals surface area contributed by atoms with E-state index in [1.165, 1.54) is 12.1 Å². The first kappa shape index (κ1) is 15.3. The zero-order valence-corrected chi connectivity index (χ0v) is 11.9. The van der Waals surface area contributed by atoms with Crippen LogP contribution in [0, 0.1) is 0 Å². The van der Waals surface area contributed by atoms with Crippen molar-refractivity contribution in [2.24, 2.45) is 0 Å². The van der Waals surface area contributed by atoms with Gasteiger partial charge in [0.15, 0.2) is 0 Å². The van der Waals surface area contributed by atoms with Crippen molar-refractivity contribution in [3.63, 3.8) is 0 Å². The molecule has 23 heavy (non-hydrogen) atoms. The molecular weight excluding hydrogens is 313 g/mol. The van der Waals surface area contributed by atoms with Crippen molar-refractivity contribution in [2.45, 2.75) is 18.8 Å². The minimum atomic E-state index is -4.75. The number of nitrogens with zero attached hydrogens (tertiary/aromatic N) is 4. The summed E-state index contributed by atoms with van der Waals surface area (Å²) in [6.45, 7) is 1.01. The standard InChI is InChI=1S/C14H13F3N4O2/c15-14(16,17)23-12-3-1-10(2-4-12)13(22)20-8-5-11(9-20)21-18-6-7-19-21/h1-4,6-7,11H,5,8-9H2. The van der Waals surface area contributed by atoms with Gasteiger partial charge in [0.05, 0.1) is 18.4 Å². The second kappa shape index (κ2) is 5.90. The molecule has 6 nitrogen and oxygen atoms in total. The van der Waals surface area contributed by atoms with Crippen LogP contribution in [0.15, 0.2) is 36.7 Å². The summed E-state index contributed by atoms with van der Waals surface area (Å²) in [6, 6.07) is 4.92. The Morgan fingerprint density at radius 1 is 1.17 bits per heavy atom. The maximum Gasteiger partial charge on any atom is 0.573 e. The number of rotatable bonds is 3. The summed E-state index contributed by atoms with van der Waals surface area (Å²) in [5, 5.41) is 8.11. The van der Waals surface area contributed by atoms with Gasteiger partial charge in [-0.2, -0.15) is 15.0 Å². The second-order valence-corrected chi connectivity index (χ2v) is 5.12. The van der Waals surface area contributed by atoms with Crippen molar-refractivity contribution in [3.05, 3.63) is 42.2 Å². The van der Waals surface area contributed by atoms with Gasteiger partial charge in [0.2, 0.25) is 0 Å². The summed E-state index contributed by atoms with van der Waals surface area (Å²) in [7, 11) is 0. The van der Waals surface area contributed by atoms with Crippen molar-refractivity contribution >= 4 is 5.91 Å². The van der Waals surface area contributed by atoms with E-state index in [9.17, 15) is 18.0 Å². The monoisotopic (exact) mass is 326 g/mol. The largest absolute Gasteiger partial charge is 0.573 e. The Labute approximate surface area is 129 Å². The number of carbonyl (C=O) groups excluding carboxylic acids is 1. The molecule has 2 aromatic rings. The first-order valence-electron chi connectivity index (χ1n) is 6.93. The van der Waals surface area contributed by atoms with Crippen molar-refractivity contribution in [3.8, 4) is 5.75 Å². The molecule has 1 aliphatic rings. The number of halogens is 3. The minimum absolute atomic E-state index is 0.0155. The molecule has 1 amide bonds. The molecule has 1 atom stereocenters. The van der Waals surface area contributed by atoms with Crippen LogP contribution in [0.4, 0.5) is 13.2 Å². The molecule has 1 aromatic carbocycles. The average Bonchev–Trinajstić information content (AvgIpc) is 3.17. The zero-order chi connectivity index (χ0) is 16.4. The van der Waals surface area contributed by atoms with Gasteiger partial charge in [-0.3, -0.25) is 4.79 Å². The first-order chi connectivity index (χ1) is 10.9. The molecule has 0 saturated carbocycles. The van der Waals surface area contributed by atoms with E-state index in [1.54, 1.807) is 22.1 Å². The molecule has 2 heterocycles.